The molecule has 0 aliphatic rings. The smallest absolute Gasteiger partial charge is 0.0857 e. The van der Waals surface area contributed by atoms with Gasteiger partial charge in [0.15, 0.2) is 0 Å². The first-order chi connectivity index (χ1) is 4.38. The fourth-order valence-corrected chi connectivity index (χ4v) is 2.06. The van der Waals surface area contributed by atoms with Crippen molar-refractivity contribution >= 4 is 23.5 Å². The molecule has 3 heteroatoms. The first-order valence-electron chi connectivity index (χ1n) is 2.64. The highest BCUT2D eigenvalue weighted by atomic mass is 32.2. The molecular weight excluding hydrogens is 150 g/mol. The van der Waals surface area contributed by atoms with Crippen LogP contribution < -0.4 is 0 Å². The minimum absolute atomic E-state index is 1.27. The number of hydrogen-bond acceptors (Lipinski definition) is 2. The number of aromatic amines is 1. The van der Waals surface area contributed by atoms with E-state index in [9.17, 15) is 0 Å². The molecular formula is C6H9NS2. The van der Waals surface area contributed by atoms with Gasteiger partial charge in [0.1, 0.15) is 0 Å². The molecule has 0 saturated carbocycles. The highest BCUT2D eigenvalue weighted by Crippen LogP contribution is 2.25. The average molecular weight is 159 g/mol. The summed E-state index contributed by atoms with van der Waals surface area (Å²) in [5.74, 6) is 0. The third-order valence-electron chi connectivity index (χ3n) is 1.10. The minimum atomic E-state index is 1.27. The van der Waals surface area contributed by atoms with Gasteiger partial charge in [-0.25, -0.2) is 0 Å². The van der Waals surface area contributed by atoms with Gasteiger partial charge in [-0.15, -0.1) is 23.5 Å². The van der Waals surface area contributed by atoms with Crippen LogP contribution in [-0.2, 0) is 0 Å². The molecule has 1 nitrogen and oxygen atoms in total. The molecule has 0 aromatic carbocycles. The van der Waals surface area contributed by atoms with Crippen molar-refractivity contribution in [3.05, 3.63) is 12.3 Å². The van der Waals surface area contributed by atoms with Crippen molar-refractivity contribution in [1.29, 1.82) is 0 Å². The largest absolute Gasteiger partial charge is 0.356 e. The molecule has 1 rings (SSSR count). The molecule has 0 unspecified atom stereocenters. The molecule has 1 N–H and O–H groups in total. The van der Waals surface area contributed by atoms with Crippen LogP contribution in [0.1, 0.15) is 0 Å². The Balaban J connectivity index is 2.85. The number of rotatable bonds is 2. The second-order valence-corrected chi connectivity index (χ2v) is 3.24. The predicted octanol–water partition coefficient (Wildman–Crippen LogP) is 2.46. The number of nitrogens with one attached hydrogen (secondary N) is 1. The molecule has 50 valence electrons. The van der Waals surface area contributed by atoms with E-state index in [1.807, 2.05) is 6.20 Å². The van der Waals surface area contributed by atoms with E-state index in [1.54, 1.807) is 23.5 Å². The molecule has 0 saturated heterocycles. The molecule has 0 aliphatic heterocycles. The van der Waals surface area contributed by atoms with Crippen molar-refractivity contribution in [1.82, 2.24) is 4.98 Å². The normalized spacial score (nSPS) is 10.0. The van der Waals surface area contributed by atoms with Gasteiger partial charge in [0.05, 0.1) is 5.03 Å². The lowest BCUT2D eigenvalue weighted by Crippen LogP contribution is -1.68. The van der Waals surface area contributed by atoms with Crippen LogP contribution >= 0.6 is 23.5 Å². The van der Waals surface area contributed by atoms with Crippen LogP contribution in [0, 0.1) is 0 Å². The quantitative estimate of drug-likeness (QED) is 0.667. The minimum Gasteiger partial charge on any atom is -0.356 e. The van der Waals surface area contributed by atoms with E-state index in [0.717, 1.165) is 0 Å². The summed E-state index contributed by atoms with van der Waals surface area (Å²) < 4.78 is 0. The fourth-order valence-electron chi connectivity index (χ4n) is 0.660. The van der Waals surface area contributed by atoms with Crippen molar-refractivity contribution in [3.8, 4) is 0 Å². The zero-order valence-corrected chi connectivity index (χ0v) is 7.10. The Hall–Kier alpha value is -0.0200. The topological polar surface area (TPSA) is 15.8 Å². The van der Waals surface area contributed by atoms with Gasteiger partial charge in [0.2, 0.25) is 0 Å². The van der Waals surface area contributed by atoms with Gasteiger partial charge in [0, 0.05) is 11.1 Å². The van der Waals surface area contributed by atoms with Crippen LogP contribution in [-0.4, -0.2) is 17.5 Å². The van der Waals surface area contributed by atoms with E-state index in [2.05, 4.69) is 23.6 Å². The monoisotopic (exact) mass is 159 g/mol. The summed E-state index contributed by atoms with van der Waals surface area (Å²) in [6.45, 7) is 0. The molecule has 0 fully saturated rings. The second-order valence-electron chi connectivity index (χ2n) is 1.58. The summed E-state index contributed by atoms with van der Waals surface area (Å²) in [4.78, 5) is 4.48. The van der Waals surface area contributed by atoms with Crippen LogP contribution in [0.3, 0.4) is 0 Å². The molecule has 1 aromatic heterocycles. The zero-order valence-electron chi connectivity index (χ0n) is 5.47. The summed E-state index contributed by atoms with van der Waals surface area (Å²) in [6, 6.07) is 2.09. The van der Waals surface area contributed by atoms with Crippen LogP contribution in [0.2, 0.25) is 0 Å². The lowest BCUT2D eigenvalue weighted by atomic mass is 10.7. The standard InChI is InChI=1S/C6H9NS2/c1-8-5-3-4-7-6(5)9-2/h3-4,7H,1-2H3. The van der Waals surface area contributed by atoms with Gasteiger partial charge < -0.3 is 4.98 Å². The zero-order chi connectivity index (χ0) is 6.69. The van der Waals surface area contributed by atoms with Crippen molar-refractivity contribution < 1.29 is 0 Å². The average Bonchev–Trinajstić information content (AvgIpc) is 2.33. The highest BCUT2D eigenvalue weighted by Gasteiger charge is 1.97. The van der Waals surface area contributed by atoms with Crippen molar-refractivity contribution in [2.24, 2.45) is 0 Å². The van der Waals surface area contributed by atoms with Crippen LogP contribution in [0.4, 0.5) is 0 Å². The first-order valence-corrected chi connectivity index (χ1v) is 5.08. The van der Waals surface area contributed by atoms with Crippen molar-refractivity contribution in [2.45, 2.75) is 9.92 Å². The van der Waals surface area contributed by atoms with E-state index in [4.69, 9.17) is 0 Å². The summed E-state index contributed by atoms with van der Waals surface area (Å²) in [7, 11) is 0. The maximum atomic E-state index is 3.15. The molecule has 0 amide bonds. The first kappa shape index (κ1) is 7.09. The summed E-state index contributed by atoms with van der Waals surface area (Å²) in [6.07, 6.45) is 6.13. The summed E-state index contributed by atoms with van der Waals surface area (Å²) >= 11 is 3.52. The molecule has 1 aromatic rings. The van der Waals surface area contributed by atoms with E-state index >= 15 is 0 Å². The molecule has 0 spiro atoms. The van der Waals surface area contributed by atoms with Gasteiger partial charge in [-0.2, -0.15) is 0 Å². The molecule has 9 heavy (non-hydrogen) atoms. The van der Waals surface area contributed by atoms with Crippen LogP contribution in [0.25, 0.3) is 0 Å². The number of thioether (sulfide) groups is 2. The Bertz CT molecular complexity index is 164. The van der Waals surface area contributed by atoms with Crippen LogP contribution in [0.15, 0.2) is 22.2 Å². The third-order valence-corrected chi connectivity index (χ3v) is 2.75. The van der Waals surface area contributed by atoms with Crippen molar-refractivity contribution in [3.63, 3.8) is 0 Å². The molecule has 0 radical (unpaired) electrons. The number of hydrogen-bond donors (Lipinski definition) is 1. The van der Waals surface area contributed by atoms with E-state index in [0.29, 0.717) is 0 Å². The number of H-pyrrole nitrogens is 1. The van der Waals surface area contributed by atoms with Crippen molar-refractivity contribution in [2.75, 3.05) is 12.5 Å². The van der Waals surface area contributed by atoms with Crippen LogP contribution in [0.5, 0.6) is 0 Å². The Morgan fingerprint density at radius 2 is 2.11 bits per heavy atom. The Labute approximate surface area is 63.6 Å². The second kappa shape index (κ2) is 3.22. The lowest BCUT2D eigenvalue weighted by molar-refractivity contribution is 1.13. The Morgan fingerprint density at radius 3 is 2.56 bits per heavy atom. The Kier molecular flexibility index (Phi) is 2.54. The molecule has 1 heterocycles. The third kappa shape index (κ3) is 1.46. The Morgan fingerprint density at radius 1 is 1.33 bits per heavy atom. The summed E-state index contributed by atoms with van der Waals surface area (Å²) in [5.41, 5.74) is 0. The van der Waals surface area contributed by atoms with Gasteiger partial charge >= 0.3 is 0 Å². The maximum Gasteiger partial charge on any atom is 0.0857 e. The lowest BCUT2D eigenvalue weighted by Gasteiger charge is -1.92. The molecule has 0 bridgehead atoms. The fraction of sp³-hybridized carbons (Fsp3) is 0.333. The van der Waals surface area contributed by atoms with E-state index < -0.39 is 0 Å². The molecule has 0 atom stereocenters. The van der Waals surface area contributed by atoms with Gasteiger partial charge in [-0.1, -0.05) is 0 Å². The van der Waals surface area contributed by atoms with E-state index in [1.165, 1.54) is 9.92 Å². The maximum absolute atomic E-state index is 3.15. The number of aromatic nitrogens is 1. The van der Waals surface area contributed by atoms with Gasteiger partial charge in [-0.3, -0.25) is 0 Å². The SMILES string of the molecule is CSc1cc[nH]c1SC. The summed E-state index contributed by atoms with van der Waals surface area (Å²) in [5, 5.41) is 1.27. The highest BCUT2D eigenvalue weighted by molar-refractivity contribution is 8.01. The van der Waals surface area contributed by atoms with Gasteiger partial charge in [-0.05, 0) is 18.6 Å². The van der Waals surface area contributed by atoms with Gasteiger partial charge in [0.25, 0.3) is 0 Å². The molecule has 0 aliphatic carbocycles. The predicted molar refractivity (Wildman–Crippen MR) is 44.4 cm³/mol. The van der Waals surface area contributed by atoms with E-state index in [-0.39, 0.29) is 0 Å².